The number of nitrogens with zero attached hydrogens (tertiary/aromatic N) is 3. The van der Waals surface area contributed by atoms with E-state index in [-0.39, 0.29) is 16.9 Å². The van der Waals surface area contributed by atoms with Crippen molar-refractivity contribution in [1.29, 1.82) is 0 Å². The molecule has 0 aliphatic heterocycles. The second kappa shape index (κ2) is 8.39. The van der Waals surface area contributed by atoms with Gasteiger partial charge in [-0.1, -0.05) is 29.5 Å². The number of ketones is 1. The smallest absolute Gasteiger partial charge is 0.237 e. The number of aromatic nitrogens is 3. The number of carbonyl (C=O) groups excluding carboxylic acids is 2. The summed E-state index contributed by atoms with van der Waals surface area (Å²) in [5.74, 6) is 0.614. The van der Waals surface area contributed by atoms with E-state index in [0.717, 1.165) is 11.5 Å². The lowest BCUT2D eigenvalue weighted by Gasteiger charge is -2.13. The average molecular weight is 395 g/mol. The highest BCUT2D eigenvalue weighted by atomic mass is 32.2. The second-order valence-corrected chi connectivity index (χ2v) is 7.89. The van der Waals surface area contributed by atoms with Crippen molar-refractivity contribution < 1.29 is 9.59 Å². The molecule has 3 aromatic rings. The van der Waals surface area contributed by atoms with Crippen LogP contribution in [0.4, 0.5) is 5.69 Å². The number of Topliss-reactive ketones (excluding diaryl/α,β-unsaturated/α-hetero) is 1. The van der Waals surface area contributed by atoms with Crippen LogP contribution in [0.2, 0.25) is 0 Å². The SMILES string of the molecule is CC(=O)c1ccc(NC(=O)[C@H](C)Sc2nnc(C)n2-c2ccc(C)cc2)cc1. The van der Waals surface area contributed by atoms with Crippen molar-refractivity contribution in [1.82, 2.24) is 14.8 Å². The first-order valence-corrected chi connectivity index (χ1v) is 9.80. The average Bonchev–Trinajstić information content (AvgIpc) is 3.03. The third-order valence-electron chi connectivity index (χ3n) is 4.30. The third-order valence-corrected chi connectivity index (χ3v) is 5.34. The molecule has 1 atom stereocenters. The fraction of sp³-hybridized carbons (Fsp3) is 0.238. The molecule has 28 heavy (non-hydrogen) atoms. The molecule has 0 bridgehead atoms. The number of hydrogen-bond donors (Lipinski definition) is 1. The molecule has 6 nitrogen and oxygen atoms in total. The van der Waals surface area contributed by atoms with E-state index in [1.165, 1.54) is 24.2 Å². The largest absolute Gasteiger partial charge is 0.325 e. The van der Waals surface area contributed by atoms with Crippen LogP contribution in [-0.4, -0.2) is 31.7 Å². The van der Waals surface area contributed by atoms with Crippen LogP contribution in [0.15, 0.2) is 53.7 Å². The van der Waals surface area contributed by atoms with E-state index in [1.807, 2.05) is 49.6 Å². The van der Waals surface area contributed by atoms with Crippen molar-refractivity contribution in [2.45, 2.75) is 38.1 Å². The topological polar surface area (TPSA) is 76.9 Å². The van der Waals surface area contributed by atoms with Gasteiger partial charge < -0.3 is 5.32 Å². The van der Waals surface area contributed by atoms with E-state index in [1.54, 1.807) is 24.3 Å². The van der Waals surface area contributed by atoms with Crippen LogP contribution in [0.25, 0.3) is 5.69 Å². The second-order valence-electron chi connectivity index (χ2n) is 6.58. The van der Waals surface area contributed by atoms with E-state index >= 15 is 0 Å². The highest BCUT2D eigenvalue weighted by Gasteiger charge is 2.20. The zero-order valence-corrected chi connectivity index (χ0v) is 17.1. The Morgan fingerprint density at radius 3 is 2.25 bits per heavy atom. The van der Waals surface area contributed by atoms with Gasteiger partial charge in [0.25, 0.3) is 0 Å². The summed E-state index contributed by atoms with van der Waals surface area (Å²) in [4.78, 5) is 23.9. The van der Waals surface area contributed by atoms with Gasteiger partial charge >= 0.3 is 0 Å². The molecule has 1 amide bonds. The maximum absolute atomic E-state index is 12.6. The molecule has 0 saturated carbocycles. The lowest BCUT2D eigenvalue weighted by atomic mass is 10.1. The minimum Gasteiger partial charge on any atom is -0.325 e. The van der Waals surface area contributed by atoms with Gasteiger partial charge in [-0.05, 0) is 64.1 Å². The van der Waals surface area contributed by atoms with Crippen molar-refractivity contribution in [3.05, 3.63) is 65.5 Å². The fourth-order valence-electron chi connectivity index (χ4n) is 2.65. The summed E-state index contributed by atoms with van der Waals surface area (Å²) in [6.07, 6.45) is 0. The minimum absolute atomic E-state index is 0.00684. The molecule has 7 heteroatoms. The van der Waals surface area contributed by atoms with Crippen LogP contribution in [-0.2, 0) is 4.79 Å². The van der Waals surface area contributed by atoms with Gasteiger partial charge in [0.15, 0.2) is 10.9 Å². The number of nitrogens with one attached hydrogen (secondary N) is 1. The summed E-state index contributed by atoms with van der Waals surface area (Å²) in [6, 6.07) is 14.9. The van der Waals surface area contributed by atoms with Gasteiger partial charge in [-0.25, -0.2) is 0 Å². The number of amides is 1. The molecule has 0 unspecified atom stereocenters. The molecule has 144 valence electrons. The van der Waals surface area contributed by atoms with Crippen LogP contribution in [0.5, 0.6) is 0 Å². The van der Waals surface area contributed by atoms with Gasteiger partial charge in [-0.15, -0.1) is 10.2 Å². The Morgan fingerprint density at radius 1 is 1.00 bits per heavy atom. The molecular formula is C21H22N4O2S. The highest BCUT2D eigenvalue weighted by Crippen LogP contribution is 2.26. The van der Waals surface area contributed by atoms with Crippen LogP contribution in [0.1, 0.15) is 35.6 Å². The Kier molecular flexibility index (Phi) is 5.94. The van der Waals surface area contributed by atoms with Gasteiger partial charge in [0.1, 0.15) is 5.82 Å². The summed E-state index contributed by atoms with van der Waals surface area (Å²) in [5, 5.41) is 11.6. The molecule has 0 saturated heterocycles. The fourth-order valence-corrected chi connectivity index (χ4v) is 3.57. The number of anilines is 1. The molecule has 0 fully saturated rings. The summed E-state index contributed by atoms with van der Waals surface area (Å²) in [6.45, 7) is 7.26. The number of thioether (sulfide) groups is 1. The van der Waals surface area contributed by atoms with Crippen molar-refractivity contribution >= 4 is 29.1 Å². The molecule has 0 aliphatic carbocycles. The maximum Gasteiger partial charge on any atom is 0.237 e. The molecule has 0 spiro atoms. The lowest BCUT2D eigenvalue weighted by Crippen LogP contribution is -2.23. The summed E-state index contributed by atoms with van der Waals surface area (Å²) in [5.41, 5.74) is 3.40. The van der Waals surface area contributed by atoms with Crippen molar-refractivity contribution in [2.24, 2.45) is 0 Å². The zero-order chi connectivity index (χ0) is 20.3. The highest BCUT2D eigenvalue weighted by molar-refractivity contribution is 8.00. The van der Waals surface area contributed by atoms with Gasteiger partial charge in [-0.3, -0.25) is 14.2 Å². The van der Waals surface area contributed by atoms with E-state index in [0.29, 0.717) is 16.4 Å². The first-order valence-electron chi connectivity index (χ1n) is 8.92. The number of hydrogen-bond acceptors (Lipinski definition) is 5. The van der Waals surface area contributed by atoms with Gasteiger partial charge in [0.2, 0.25) is 5.91 Å². The zero-order valence-electron chi connectivity index (χ0n) is 16.3. The van der Waals surface area contributed by atoms with Gasteiger partial charge in [0.05, 0.1) is 5.25 Å². The van der Waals surface area contributed by atoms with E-state index in [4.69, 9.17) is 0 Å². The molecule has 1 N–H and O–H groups in total. The van der Waals surface area contributed by atoms with Gasteiger partial charge in [0, 0.05) is 16.9 Å². The monoisotopic (exact) mass is 394 g/mol. The normalized spacial score (nSPS) is 11.9. The molecule has 2 aromatic carbocycles. The Labute approximate surface area is 168 Å². The van der Waals surface area contributed by atoms with Crippen molar-refractivity contribution in [2.75, 3.05) is 5.32 Å². The van der Waals surface area contributed by atoms with Crippen LogP contribution < -0.4 is 5.32 Å². The third kappa shape index (κ3) is 4.48. The molecular weight excluding hydrogens is 372 g/mol. The first-order chi connectivity index (χ1) is 13.3. The quantitative estimate of drug-likeness (QED) is 0.501. The summed E-state index contributed by atoms with van der Waals surface area (Å²) in [7, 11) is 0. The predicted molar refractivity (Wildman–Crippen MR) is 111 cm³/mol. The van der Waals surface area contributed by atoms with Crippen LogP contribution >= 0.6 is 11.8 Å². The molecule has 0 aliphatic rings. The molecule has 1 heterocycles. The summed E-state index contributed by atoms with van der Waals surface area (Å²) < 4.78 is 1.94. The number of rotatable bonds is 6. The van der Waals surface area contributed by atoms with Crippen LogP contribution in [0.3, 0.4) is 0 Å². The predicted octanol–water partition coefficient (Wildman–Crippen LogP) is 4.21. The Balaban J connectivity index is 1.72. The number of aryl methyl sites for hydroxylation is 2. The number of benzene rings is 2. The summed E-state index contributed by atoms with van der Waals surface area (Å²) >= 11 is 1.35. The van der Waals surface area contributed by atoms with E-state index in [9.17, 15) is 9.59 Å². The molecule has 1 aromatic heterocycles. The maximum atomic E-state index is 12.6. The Morgan fingerprint density at radius 2 is 1.64 bits per heavy atom. The number of carbonyl (C=O) groups is 2. The van der Waals surface area contributed by atoms with Crippen molar-refractivity contribution in [3.8, 4) is 5.69 Å². The van der Waals surface area contributed by atoms with Gasteiger partial charge in [-0.2, -0.15) is 0 Å². The van der Waals surface area contributed by atoms with Crippen molar-refractivity contribution in [3.63, 3.8) is 0 Å². The Bertz CT molecular complexity index is 994. The van der Waals surface area contributed by atoms with E-state index < -0.39 is 0 Å². The first kappa shape index (κ1) is 19.8. The van der Waals surface area contributed by atoms with Crippen LogP contribution in [0, 0.1) is 13.8 Å². The molecule has 3 rings (SSSR count). The molecule has 0 radical (unpaired) electrons. The standard InChI is InChI=1S/C21H22N4O2S/c1-13-5-11-19(12-6-13)25-16(4)23-24-21(25)28-15(3)20(27)22-18-9-7-17(8-10-18)14(2)26/h5-12,15H,1-4H3,(H,22,27)/t15-/m0/s1. The van der Waals surface area contributed by atoms with E-state index in [2.05, 4.69) is 15.5 Å². The lowest BCUT2D eigenvalue weighted by molar-refractivity contribution is -0.115. The Hall–Kier alpha value is -2.93. The minimum atomic E-state index is -0.375.